The molecule has 1 fully saturated rings. The Morgan fingerprint density at radius 3 is 2.72 bits per heavy atom. The van der Waals surface area contributed by atoms with E-state index in [-0.39, 0.29) is 0 Å². The lowest BCUT2D eigenvalue weighted by Gasteiger charge is -2.26. The number of nitrogens with zero attached hydrogens (tertiary/aromatic N) is 5. The van der Waals surface area contributed by atoms with E-state index in [2.05, 4.69) is 20.2 Å². The molecule has 0 aliphatic heterocycles. The average molecular weight is 339 g/mol. The highest BCUT2D eigenvalue weighted by atomic mass is 16.5. The van der Waals surface area contributed by atoms with Crippen LogP contribution in [0.15, 0.2) is 41.3 Å². The van der Waals surface area contributed by atoms with Crippen molar-refractivity contribution in [2.75, 3.05) is 7.11 Å². The summed E-state index contributed by atoms with van der Waals surface area (Å²) in [6, 6.07) is 5.66. The lowest BCUT2D eigenvalue weighted by Crippen LogP contribution is -2.28. The summed E-state index contributed by atoms with van der Waals surface area (Å²) in [6.45, 7) is 0. The second-order valence-electron chi connectivity index (χ2n) is 6.39. The van der Waals surface area contributed by atoms with Gasteiger partial charge in [-0.25, -0.2) is 4.68 Å². The van der Waals surface area contributed by atoms with Gasteiger partial charge in [-0.2, -0.15) is 10.1 Å². The van der Waals surface area contributed by atoms with Crippen molar-refractivity contribution in [3.63, 3.8) is 0 Å². The van der Waals surface area contributed by atoms with E-state index in [0.29, 0.717) is 17.4 Å². The van der Waals surface area contributed by atoms with Gasteiger partial charge in [0.25, 0.3) is 5.89 Å². The van der Waals surface area contributed by atoms with Gasteiger partial charge >= 0.3 is 0 Å². The molecule has 7 nitrogen and oxygen atoms in total. The molecule has 1 saturated carbocycles. The van der Waals surface area contributed by atoms with Crippen LogP contribution in [0, 0.1) is 0 Å². The van der Waals surface area contributed by atoms with Gasteiger partial charge < -0.3 is 9.26 Å². The third-order valence-electron chi connectivity index (χ3n) is 4.86. The molecule has 0 saturated heterocycles. The zero-order chi connectivity index (χ0) is 17.1. The minimum atomic E-state index is -0.471. The molecule has 0 N–H and O–H groups in total. The van der Waals surface area contributed by atoms with E-state index in [1.54, 1.807) is 24.2 Å². The van der Waals surface area contributed by atoms with Crippen molar-refractivity contribution < 1.29 is 9.26 Å². The topological polar surface area (TPSA) is 78.9 Å². The van der Waals surface area contributed by atoms with E-state index in [9.17, 15) is 0 Å². The van der Waals surface area contributed by atoms with Crippen LogP contribution in [0.5, 0.6) is 0 Å². The van der Waals surface area contributed by atoms with Crippen molar-refractivity contribution in [3.05, 3.63) is 42.7 Å². The lowest BCUT2D eigenvalue weighted by atomic mass is 9.94. The van der Waals surface area contributed by atoms with Crippen molar-refractivity contribution in [2.45, 2.75) is 44.1 Å². The molecular formula is C18H21N5O2. The Bertz CT molecular complexity index is 820. The van der Waals surface area contributed by atoms with Crippen LogP contribution in [-0.4, -0.2) is 32.0 Å². The van der Waals surface area contributed by atoms with Gasteiger partial charge in [-0.15, -0.1) is 0 Å². The van der Waals surface area contributed by atoms with E-state index < -0.39 is 5.60 Å². The number of hydrogen-bond acceptors (Lipinski definition) is 6. The maximum Gasteiger partial charge on any atom is 0.259 e. The second kappa shape index (κ2) is 6.76. The highest BCUT2D eigenvalue weighted by Gasteiger charge is 2.38. The van der Waals surface area contributed by atoms with Gasteiger partial charge in [0.05, 0.1) is 5.69 Å². The summed E-state index contributed by atoms with van der Waals surface area (Å²) in [5.74, 6) is 1.03. The largest absolute Gasteiger partial charge is 0.368 e. The summed E-state index contributed by atoms with van der Waals surface area (Å²) in [7, 11) is 1.73. The first-order valence-corrected chi connectivity index (χ1v) is 8.66. The fraction of sp³-hybridized carbons (Fsp3) is 0.444. The van der Waals surface area contributed by atoms with E-state index >= 15 is 0 Å². The van der Waals surface area contributed by atoms with Crippen molar-refractivity contribution in [2.24, 2.45) is 0 Å². The Labute approximate surface area is 146 Å². The fourth-order valence-corrected chi connectivity index (χ4v) is 3.42. The molecule has 1 aliphatic rings. The highest BCUT2D eigenvalue weighted by Crippen LogP contribution is 2.38. The van der Waals surface area contributed by atoms with E-state index in [1.165, 1.54) is 12.8 Å². The normalized spacial score (nSPS) is 17.3. The molecule has 0 atom stereocenters. The number of methoxy groups -OCH3 is 1. The summed E-state index contributed by atoms with van der Waals surface area (Å²) in [4.78, 5) is 8.99. The average Bonchev–Trinajstić information content (AvgIpc) is 3.31. The Balaban J connectivity index is 1.66. The van der Waals surface area contributed by atoms with Gasteiger partial charge in [0.15, 0.2) is 0 Å². The predicted octanol–water partition coefficient (Wildman–Crippen LogP) is 3.51. The van der Waals surface area contributed by atoms with Gasteiger partial charge in [-0.1, -0.05) is 30.8 Å². The van der Waals surface area contributed by atoms with Crippen LogP contribution in [0.3, 0.4) is 0 Å². The summed E-state index contributed by atoms with van der Waals surface area (Å²) in [5, 5.41) is 8.39. The van der Waals surface area contributed by atoms with Crippen LogP contribution >= 0.6 is 0 Å². The predicted molar refractivity (Wildman–Crippen MR) is 91.0 cm³/mol. The standard InChI is InChI=1S/C18H21N5O2/c1-24-18(8-4-2-3-5-9-18)17-21-16(22-25-17)15-13-14(7-11-19-15)23-12-6-10-20-23/h6-7,10-13H,2-5,8-9H2,1H3. The van der Waals surface area contributed by atoms with E-state index in [0.717, 1.165) is 31.4 Å². The van der Waals surface area contributed by atoms with Crippen LogP contribution in [0.2, 0.25) is 0 Å². The summed E-state index contributed by atoms with van der Waals surface area (Å²) in [6.07, 6.45) is 11.8. The molecule has 0 unspecified atom stereocenters. The number of pyridine rings is 1. The van der Waals surface area contributed by atoms with Gasteiger partial charge in [0, 0.05) is 25.7 Å². The monoisotopic (exact) mass is 339 g/mol. The minimum absolute atomic E-state index is 0.471. The Morgan fingerprint density at radius 1 is 1.16 bits per heavy atom. The highest BCUT2D eigenvalue weighted by molar-refractivity contribution is 5.52. The molecule has 1 aliphatic carbocycles. The summed E-state index contributed by atoms with van der Waals surface area (Å²) < 4.78 is 13.2. The first-order valence-electron chi connectivity index (χ1n) is 8.66. The molecule has 0 spiro atoms. The van der Waals surface area contributed by atoms with Gasteiger partial charge in [0.2, 0.25) is 5.82 Å². The molecule has 7 heteroatoms. The molecule has 25 heavy (non-hydrogen) atoms. The van der Waals surface area contributed by atoms with Crippen molar-refractivity contribution in [3.8, 4) is 17.2 Å². The minimum Gasteiger partial charge on any atom is -0.368 e. The third-order valence-corrected chi connectivity index (χ3v) is 4.86. The number of ether oxygens (including phenoxy) is 1. The first kappa shape index (κ1) is 16.0. The van der Waals surface area contributed by atoms with Crippen molar-refractivity contribution in [1.29, 1.82) is 0 Å². The number of hydrogen-bond donors (Lipinski definition) is 0. The molecule has 0 amide bonds. The SMILES string of the molecule is COC1(c2nc(-c3cc(-n4cccn4)ccn3)no2)CCCCCC1. The number of rotatable bonds is 4. The summed E-state index contributed by atoms with van der Waals surface area (Å²) >= 11 is 0. The van der Waals surface area contributed by atoms with E-state index in [1.807, 2.05) is 24.4 Å². The molecular weight excluding hydrogens is 318 g/mol. The Kier molecular flexibility index (Phi) is 4.31. The van der Waals surface area contributed by atoms with Crippen molar-refractivity contribution in [1.82, 2.24) is 24.9 Å². The maximum absolute atomic E-state index is 5.85. The molecule has 3 heterocycles. The van der Waals surface area contributed by atoms with Crippen molar-refractivity contribution >= 4 is 0 Å². The van der Waals surface area contributed by atoms with Crippen LogP contribution in [-0.2, 0) is 10.3 Å². The van der Waals surface area contributed by atoms with Crippen LogP contribution < -0.4 is 0 Å². The van der Waals surface area contributed by atoms with Crippen LogP contribution in [0.1, 0.15) is 44.4 Å². The molecule has 0 bridgehead atoms. The zero-order valence-corrected chi connectivity index (χ0v) is 14.3. The first-order chi connectivity index (χ1) is 12.3. The maximum atomic E-state index is 5.85. The van der Waals surface area contributed by atoms with Gasteiger partial charge in [0.1, 0.15) is 11.3 Å². The quantitative estimate of drug-likeness (QED) is 0.677. The second-order valence-corrected chi connectivity index (χ2v) is 6.39. The molecule has 3 aromatic heterocycles. The smallest absolute Gasteiger partial charge is 0.259 e. The third kappa shape index (κ3) is 3.07. The van der Waals surface area contributed by atoms with E-state index in [4.69, 9.17) is 9.26 Å². The van der Waals surface area contributed by atoms with Crippen LogP contribution in [0.4, 0.5) is 0 Å². The van der Waals surface area contributed by atoms with Gasteiger partial charge in [-0.3, -0.25) is 4.98 Å². The Hall–Kier alpha value is -2.54. The molecule has 4 rings (SSSR count). The lowest BCUT2D eigenvalue weighted by molar-refractivity contribution is -0.0520. The molecule has 0 radical (unpaired) electrons. The summed E-state index contributed by atoms with van der Waals surface area (Å²) in [5.41, 5.74) is 1.08. The van der Waals surface area contributed by atoms with Crippen LogP contribution in [0.25, 0.3) is 17.2 Å². The molecule has 3 aromatic rings. The molecule has 130 valence electrons. The Morgan fingerprint density at radius 2 is 2.00 bits per heavy atom. The van der Waals surface area contributed by atoms with Gasteiger partial charge in [-0.05, 0) is 31.0 Å². The number of aromatic nitrogens is 5. The molecule has 0 aromatic carbocycles. The zero-order valence-electron chi connectivity index (χ0n) is 14.3. The fourth-order valence-electron chi connectivity index (χ4n) is 3.42.